The minimum atomic E-state index is -0.844. The number of ether oxygens (including phenoxy) is 1. The molecule has 1 fully saturated rings. The summed E-state index contributed by atoms with van der Waals surface area (Å²) in [5, 5.41) is 12.1. The number of nitrogens with one attached hydrogen (secondary N) is 1. The van der Waals surface area contributed by atoms with Crippen molar-refractivity contribution in [1.29, 1.82) is 0 Å². The first-order valence-corrected chi connectivity index (χ1v) is 10.0. The van der Waals surface area contributed by atoms with Gasteiger partial charge in [0.25, 0.3) is 11.7 Å². The van der Waals surface area contributed by atoms with Crippen molar-refractivity contribution in [3.8, 4) is 5.75 Å². The second-order valence-corrected chi connectivity index (χ2v) is 7.37. The number of carbonyl (C=O) groups excluding carboxylic acids is 2. The van der Waals surface area contributed by atoms with E-state index in [0.717, 1.165) is 10.9 Å². The molecule has 3 heterocycles. The molecule has 0 bridgehead atoms. The number of Topliss-reactive ketones (excluding diaryl/α,β-unsaturated/α-hetero) is 1. The number of amides is 1. The first kappa shape index (κ1) is 19.6. The van der Waals surface area contributed by atoms with Crippen LogP contribution < -0.4 is 9.64 Å². The van der Waals surface area contributed by atoms with Crippen molar-refractivity contribution < 1.29 is 19.4 Å². The van der Waals surface area contributed by atoms with E-state index in [4.69, 9.17) is 4.74 Å². The number of anilines is 1. The number of hydrogen-bond donors (Lipinski definition) is 2. The summed E-state index contributed by atoms with van der Waals surface area (Å²) in [7, 11) is 1.50. The zero-order valence-corrected chi connectivity index (χ0v) is 17.1. The van der Waals surface area contributed by atoms with Crippen LogP contribution in [-0.2, 0) is 9.59 Å². The zero-order chi connectivity index (χ0) is 22.2. The Morgan fingerprint density at radius 1 is 1.03 bits per heavy atom. The summed E-state index contributed by atoms with van der Waals surface area (Å²) in [5.41, 5.74) is 2.37. The van der Waals surface area contributed by atoms with Gasteiger partial charge in [0.1, 0.15) is 11.5 Å². The van der Waals surface area contributed by atoms with Crippen LogP contribution in [0.3, 0.4) is 0 Å². The van der Waals surface area contributed by atoms with Gasteiger partial charge in [0, 0.05) is 35.1 Å². The summed E-state index contributed by atoms with van der Waals surface area (Å²) < 4.78 is 5.45. The van der Waals surface area contributed by atoms with Crippen LogP contribution >= 0.6 is 0 Å². The van der Waals surface area contributed by atoms with Crippen LogP contribution in [0.4, 0.5) is 5.69 Å². The minimum absolute atomic E-state index is 0.0110. The Hall–Kier alpha value is -4.39. The van der Waals surface area contributed by atoms with E-state index < -0.39 is 17.7 Å². The number of ketones is 1. The maximum absolute atomic E-state index is 13.3. The number of para-hydroxylation sites is 3. The highest BCUT2D eigenvalue weighted by atomic mass is 16.5. The van der Waals surface area contributed by atoms with Gasteiger partial charge in [-0.1, -0.05) is 30.3 Å². The topological polar surface area (TPSA) is 95.5 Å². The highest BCUT2D eigenvalue weighted by molar-refractivity contribution is 6.52. The number of aromatic amines is 1. The van der Waals surface area contributed by atoms with Gasteiger partial charge in [-0.05, 0) is 35.9 Å². The van der Waals surface area contributed by atoms with Gasteiger partial charge in [-0.2, -0.15) is 0 Å². The molecule has 1 atom stereocenters. The van der Waals surface area contributed by atoms with Gasteiger partial charge < -0.3 is 14.8 Å². The van der Waals surface area contributed by atoms with Gasteiger partial charge in [0.15, 0.2) is 0 Å². The number of methoxy groups -OCH3 is 1. The number of hydrogen-bond acceptors (Lipinski definition) is 5. The molecule has 158 valence electrons. The lowest BCUT2D eigenvalue weighted by Gasteiger charge is -2.26. The van der Waals surface area contributed by atoms with Gasteiger partial charge >= 0.3 is 0 Å². The Morgan fingerprint density at radius 2 is 1.75 bits per heavy atom. The number of aliphatic hydroxyl groups excluding tert-OH is 1. The molecule has 0 aliphatic carbocycles. The number of carbonyl (C=O) groups is 2. The predicted octanol–water partition coefficient (Wildman–Crippen LogP) is 4.20. The highest BCUT2D eigenvalue weighted by Gasteiger charge is 2.47. The fourth-order valence-corrected chi connectivity index (χ4v) is 4.18. The van der Waals surface area contributed by atoms with Crippen molar-refractivity contribution >= 4 is 34.0 Å². The molecule has 0 spiro atoms. The third kappa shape index (κ3) is 2.94. The van der Waals surface area contributed by atoms with Gasteiger partial charge in [-0.3, -0.25) is 19.5 Å². The molecule has 2 aromatic heterocycles. The van der Waals surface area contributed by atoms with Gasteiger partial charge in [0.05, 0.1) is 24.4 Å². The smallest absolute Gasteiger partial charge is 0.300 e. The lowest BCUT2D eigenvalue weighted by molar-refractivity contribution is -0.132. The average molecular weight is 425 g/mol. The number of pyridine rings is 1. The van der Waals surface area contributed by atoms with Crippen LogP contribution in [0.2, 0.25) is 0 Å². The van der Waals surface area contributed by atoms with Gasteiger partial charge in [0.2, 0.25) is 0 Å². The molecule has 2 aromatic carbocycles. The molecule has 4 aromatic rings. The second-order valence-electron chi connectivity index (χ2n) is 7.37. The van der Waals surface area contributed by atoms with E-state index in [-0.39, 0.29) is 11.3 Å². The summed E-state index contributed by atoms with van der Waals surface area (Å²) in [6, 6.07) is 17.0. The van der Waals surface area contributed by atoms with Crippen LogP contribution in [0, 0.1) is 0 Å². The maximum atomic E-state index is 13.3. The van der Waals surface area contributed by atoms with Crippen molar-refractivity contribution in [2.24, 2.45) is 0 Å². The van der Waals surface area contributed by atoms with Crippen molar-refractivity contribution in [1.82, 2.24) is 9.97 Å². The molecule has 2 N–H and O–H groups in total. The predicted molar refractivity (Wildman–Crippen MR) is 120 cm³/mol. The Labute approximate surface area is 183 Å². The molecule has 7 nitrogen and oxygen atoms in total. The molecule has 1 saturated heterocycles. The van der Waals surface area contributed by atoms with Gasteiger partial charge in [-0.25, -0.2) is 0 Å². The monoisotopic (exact) mass is 425 g/mol. The molecule has 7 heteroatoms. The van der Waals surface area contributed by atoms with Crippen molar-refractivity contribution in [3.63, 3.8) is 0 Å². The van der Waals surface area contributed by atoms with Crippen molar-refractivity contribution in [3.05, 3.63) is 96.0 Å². The molecule has 5 rings (SSSR count). The summed E-state index contributed by atoms with van der Waals surface area (Å²) in [4.78, 5) is 35.0. The number of H-pyrrole nitrogens is 1. The number of rotatable bonds is 4. The Kier molecular flexibility index (Phi) is 4.71. The Bertz CT molecular complexity index is 1370. The van der Waals surface area contributed by atoms with Crippen LogP contribution in [-0.4, -0.2) is 33.9 Å². The SMILES string of the molecule is COc1ccccc1N1C(=O)C(=O)/C(=C(\O)c2c[nH]c3ccccc23)C1c1ccncc1. The molecule has 1 aliphatic rings. The lowest BCUT2D eigenvalue weighted by Crippen LogP contribution is -2.29. The number of fused-ring (bicyclic) bond motifs is 1. The van der Waals surface area contributed by atoms with E-state index in [9.17, 15) is 14.7 Å². The van der Waals surface area contributed by atoms with Gasteiger partial charge in [-0.15, -0.1) is 0 Å². The van der Waals surface area contributed by atoms with E-state index in [1.807, 2.05) is 24.3 Å². The van der Waals surface area contributed by atoms with E-state index >= 15 is 0 Å². The maximum Gasteiger partial charge on any atom is 0.300 e. The van der Waals surface area contributed by atoms with E-state index in [1.54, 1.807) is 55.0 Å². The van der Waals surface area contributed by atoms with Crippen LogP contribution in [0.25, 0.3) is 16.7 Å². The minimum Gasteiger partial charge on any atom is -0.507 e. The van der Waals surface area contributed by atoms with E-state index in [2.05, 4.69) is 9.97 Å². The van der Waals surface area contributed by atoms with E-state index in [0.29, 0.717) is 22.6 Å². The quantitative estimate of drug-likeness (QED) is 0.290. The van der Waals surface area contributed by atoms with Crippen LogP contribution in [0.5, 0.6) is 5.75 Å². The largest absolute Gasteiger partial charge is 0.507 e. The van der Waals surface area contributed by atoms with Crippen molar-refractivity contribution in [2.45, 2.75) is 6.04 Å². The Morgan fingerprint density at radius 3 is 2.53 bits per heavy atom. The molecule has 1 amide bonds. The summed E-state index contributed by atoms with van der Waals surface area (Å²) in [6.45, 7) is 0. The fraction of sp³-hybridized carbons (Fsp3) is 0.0800. The normalized spacial score (nSPS) is 17.8. The highest BCUT2D eigenvalue weighted by Crippen LogP contribution is 2.45. The van der Waals surface area contributed by atoms with E-state index in [1.165, 1.54) is 12.0 Å². The average Bonchev–Trinajstić information content (AvgIpc) is 3.38. The fourth-order valence-electron chi connectivity index (χ4n) is 4.18. The third-order valence-corrected chi connectivity index (χ3v) is 5.66. The number of aromatic nitrogens is 2. The second kappa shape index (κ2) is 7.70. The standard InChI is InChI=1S/C25H19N3O4/c1-32-20-9-5-4-8-19(20)28-22(15-10-12-26-13-11-15)21(24(30)25(28)31)23(29)17-14-27-18-7-3-2-6-16(17)18/h2-14,22,27,29H,1H3/b23-21-. The molecule has 0 saturated carbocycles. The first-order chi connectivity index (χ1) is 15.6. The molecule has 32 heavy (non-hydrogen) atoms. The molecular weight excluding hydrogens is 406 g/mol. The van der Waals surface area contributed by atoms with Crippen molar-refractivity contribution in [2.75, 3.05) is 12.0 Å². The van der Waals surface area contributed by atoms with Crippen LogP contribution in [0.15, 0.2) is 84.8 Å². The Balaban J connectivity index is 1.77. The first-order valence-electron chi connectivity index (χ1n) is 10.0. The summed E-state index contributed by atoms with van der Waals surface area (Å²) in [5.74, 6) is -1.29. The molecule has 1 unspecified atom stereocenters. The molecule has 1 aliphatic heterocycles. The molecule has 0 radical (unpaired) electrons. The molecular formula is C25H19N3O4. The summed E-state index contributed by atoms with van der Waals surface area (Å²) >= 11 is 0. The van der Waals surface area contributed by atoms with Crippen LogP contribution in [0.1, 0.15) is 17.2 Å². The lowest BCUT2D eigenvalue weighted by atomic mass is 9.95. The zero-order valence-electron chi connectivity index (χ0n) is 17.1. The number of aliphatic hydroxyl groups is 1. The number of nitrogens with zero attached hydrogens (tertiary/aromatic N) is 2. The number of benzene rings is 2. The third-order valence-electron chi connectivity index (χ3n) is 5.66. The summed E-state index contributed by atoms with van der Waals surface area (Å²) in [6.07, 6.45) is 4.81.